The van der Waals surface area contributed by atoms with Crippen LogP contribution < -0.4 is 15.4 Å². The summed E-state index contributed by atoms with van der Waals surface area (Å²) in [4.78, 5) is 12.0. The van der Waals surface area contributed by atoms with Crippen molar-refractivity contribution in [1.29, 1.82) is 0 Å². The number of benzene rings is 2. The third-order valence-corrected chi connectivity index (χ3v) is 3.63. The van der Waals surface area contributed by atoms with E-state index in [1.807, 2.05) is 0 Å². The van der Waals surface area contributed by atoms with Crippen LogP contribution in [-0.2, 0) is 11.2 Å². The SMILES string of the molecule is COCCOc1c(Cl)cccc1NC(=O)NCCc1cccc(F)c1. The smallest absolute Gasteiger partial charge is 0.319 e. The first kappa shape index (κ1) is 19.0. The minimum absolute atomic E-state index is 0.293. The number of urea groups is 1. The van der Waals surface area contributed by atoms with E-state index >= 15 is 0 Å². The molecule has 0 heterocycles. The number of hydrogen-bond acceptors (Lipinski definition) is 3. The van der Waals surface area contributed by atoms with E-state index in [0.717, 1.165) is 5.56 Å². The summed E-state index contributed by atoms with van der Waals surface area (Å²) in [5.41, 5.74) is 1.28. The highest BCUT2D eigenvalue weighted by Crippen LogP contribution is 2.32. The normalized spacial score (nSPS) is 10.4. The first-order valence-corrected chi connectivity index (χ1v) is 8.17. The molecule has 2 aromatic carbocycles. The summed E-state index contributed by atoms with van der Waals surface area (Å²) in [6, 6.07) is 11.0. The summed E-state index contributed by atoms with van der Waals surface area (Å²) in [6.45, 7) is 1.09. The van der Waals surface area contributed by atoms with Gasteiger partial charge in [0.25, 0.3) is 0 Å². The second-order valence-electron chi connectivity index (χ2n) is 5.22. The molecule has 134 valence electrons. The Bertz CT molecular complexity index is 712. The minimum Gasteiger partial charge on any atom is -0.487 e. The van der Waals surface area contributed by atoms with E-state index in [-0.39, 0.29) is 5.82 Å². The lowest BCUT2D eigenvalue weighted by Crippen LogP contribution is -2.30. The van der Waals surface area contributed by atoms with Crippen LogP contribution in [0.3, 0.4) is 0 Å². The van der Waals surface area contributed by atoms with Crippen LogP contribution in [-0.4, -0.2) is 32.9 Å². The van der Waals surface area contributed by atoms with Crippen molar-refractivity contribution in [3.63, 3.8) is 0 Å². The predicted octanol–water partition coefficient (Wildman–Crippen LogP) is 3.87. The molecular weight excluding hydrogens is 347 g/mol. The third-order valence-electron chi connectivity index (χ3n) is 3.34. The van der Waals surface area contributed by atoms with Gasteiger partial charge in [-0.05, 0) is 36.2 Å². The summed E-state index contributed by atoms with van der Waals surface area (Å²) in [5.74, 6) is 0.0974. The molecule has 0 radical (unpaired) electrons. The van der Waals surface area contributed by atoms with Crippen LogP contribution in [0.2, 0.25) is 5.02 Å². The number of amides is 2. The Morgan fingerprint density at radius 1 is 1.20 bits per heavy atom. The highest BCUT2D eigenvalue weighted by atomic mass is 35.5. The van der Waals surface area contributed by atoms with Gasteiger partial charge in [-0.25, -0.2) is 9.18 Å². The molecule has 2 amide bonds. The topological polar surface area (TPSA) is 59.6 Å². The summed E-state index contributed by atoms with van der Waals surface area (Å²) in [7, 11) is 1.57. The van der Waals surface area contributed by atoms with Crippen LogP contribution in [0.5, 0.6) is 5.75 Å². The van der Waals surface area contributed by atoms with Crippen molar-refractivity contribution in [3.8, 4) is 5.75 Å². The average Bonchev–Trinajstić information content (AvgIpc) is 2.57. The van der Waals surface area contributed by atoms with Crippen LogP contribution in [0.4, 0.5) is 14.9 Å². The number of anilines is 1. The second-order valence-corrected chi connectivity index (χ2v) is 5.63. The number of nitrogens with one attached hydrogen (secondary N) is 2. The molecule has 0 saturated carbocycles. The molecule has 0 aliphatic rings. The van der Waals surface area contributed by atoms with E-state index < -0.39 is 6.03 Å². The van der Waals surface area contributed by atoms with Crippen LogP contribution >= 0.6 is 11.6 Å². The summed E-state index contributed by atoms with van der Waals surface area (Å²) < 4.78 is 23.6. The third kappa shape index (κ3) is 6.25. The van der Waals surface area contributed by atoms with Gasteiger partial charge in [-0.1, -0.05) is 29.8 Å². The quantitative estimate of drug-likeness (QED) is 0.697. The zero-order valence-electron chi connectivity index (χ0n) is 13.9. The van der Waals surface area contributed by atoms with Gasteiger partial charge in [0.15, 0.2) is 5.75 Å². The molecule has 0 atom stereocenters. The van der Waals surface area contributed by atoms with Crippen molar-refractivity contribution in [2.24, 2.45) is 0 Å². The predicted molar refractivity (Wildman–Crippen MR) is 95.9 cm³/mol. The summed E-state index contributed by atoms with van der Waals surface area (Å²) in [6.07, 6.45) is 0.526. The molecule has 0 unspecified atom stereocenters. The Kier molecular flexibility index (Phi) is 7.50. The monoisotopic (exact) mass is 366 g/mol. The van der Waals surface area contributed by atoms with Gasteiger partial charge in [0.1, 0.15) is 12.4 Å². The van der Waals surface area contributed by atoms with Crippen molar-refractivity contribution in [2.75, 3.05) is 32.2 Å². The maximum Gasteiger partial charge on any atom is 0.319 e. The van der Waals surface area contributed by atoms with E-state index in [0.29, 0.717) is 42.6 Å². The molecule has 2 rings (SSSR count). The standard InChI is InChI=1S/C18H20ClFN2O3/c1-24-10-11-25-17-15(19)6-3-7-16(17)22-18(23)21-9-8-13-4-2-5-14(20)12-13/h2-7,12H,8-11H2,1H3,(H2,21,22,23). The van der Waals surface area contributed by atoms with Crippen molar-refractivity contribution in [3.05, 3.63) is 58.9 Å². The van der Waals surface area contributed by atoms with Crippen molar-refractivity contribution in [1.82, 2.24) is 5.32 Å². The van der Waals surface area contributed by atoms with Gasteiger partial charge in [-0.3, -0.25) is 0 Å². The van der Waals surface area contributed by atoms with Crippen LogP contribution in [0.15, 0.2) is 42.5 Å². The van der Waals surface area contributed by atoms with E-state index in [1.165, 1.54) is 12.1 Å². The molecule has 0 saturated heterocycles. The van der Waals surface area contributed by atoms with E-state index in [2.05, 4.69) is 10.6 Å². The zero-order valence-corrected chi connectivity index (χ0v) is 14.6. The molecule has 0 aliphatic carbocycles. The maximum absolute atomic E-state index is 13.1. The number of carbonyl (C=O) groups excluding carboxylic acids is 1. The molecule has 0 aromatic heterocycles. The van der Waals surface area contributed by atoms with Gasteiger partial charge in [0, 0.05) is 13.7 Å². The average molecular weight is 367 g/mol. The second kappa shape index (κ2) is 9.86. The first-order valence-electron chi connectivity index (χ1n) is 7.79. The van der Waals surface area contributed by atoms with E-state index in [4.69, 9.17) is 21.1 Å². The largest absolute Gasteiger partial charge is 0.487 e. The highest BCUT2D eigenvalue weighted by molar-refractivity contribution is 6.32. The fourth-order valence-corrected chi connectivity index (χ4v) is 2.39. The van der Waals surface area contributed by atoms with Crippen LogP contribution in [0, 0.1) is 5.82 Å². The van der Waals surface area contributed by atoms with E-state index in [9.17, 15) is 9.18 Å². The molecule has 7 heteroatoms. The molecule has 0 spiro atoms. The van der Waals surface area contributed by atoms with Gasteiger partial charge < -0.3 is 20.1 Å². The lowest BCUT2D eigenvalue weighted by Gasteiger charge is -2.14. The molecule has 25 heavy (non-hydrogen) atoms. The van der Waals surface area contributed by atoms with Gasteiger partial charge in [0.2, 0.25) is 0 Å². The fraction of sp³-hybridized carbons (Fsp3) is 0.278. The Labute approximate surface area is 151 Å². The number of halogens is 2. The van der Waals surface area contributed by atoms with Gasteiger partial charge >= 0.3 is 6.03 Å². The first-order chi connectivity index (χ1) is 12.1. The van der Waals surface area contributed by atoms with Gasteiger partial charge in [-0.2, -0.15) is 0 Å². The molecule has 0 aliphatic heterocycles. The van der Waals surface area contributed by atoms with Gasteiger partial charge in [0.05, 0.1) is 17.3 Å². The lowest BCUT2D eigenvalue weighted by atomic mass is 10.1. The Balaban J connectivity index is 1.88. The Morgan fingerprint density at radius 2 is 2.00 bits per heavy atom. The number of ether oxygens (including phenoxy) is 2. The summed E-state index contributed by atoms with van der Waals surface area (Å²) >= 11 is 6.12. The maximum atomic E-state index is 13.1. The minimum atomic E-state index is -0.393. The van der Waals surface area contributed by atoms with Crippen LogP contribution in [0.25, 0.3) is 0 Å². The molecule has 2 aromatic rings. The number of carbonyl (C=O) groups is 1. The fourth-order valence-electron chi connectivity index (χ4n) is 2.16. The van der Waals surface area contributed by atoms with E-state index in [1.54, 1.807) is 37.4 Å². The van der Waals surface area contributed by atoms with Crippen molar-refractivity contribution < 1.29 is 18.7 Å². The number of methoxy groups -OCH3 is 1. The molecule has 5 nitrogen and oxygen atoms in total. The lowest BCUT2D eigenvalue weighted by molar-refractivity contribution is 0.146. The summed E-state index contributed by atoms with van der Waals surface area (Å²) in [5, 5.41) is 5.82. The van der Waals surface area contributed by atoms with Crippen molar-refractivity contribution >= 4 is 23.3 Å². The van der Waals surface area contributed by atoms with Crippen molar-refractivity contribution in [2.45, 2.75) is 6.42 Å². The number of para-hydroxylation sites is 1. The molecular formula is C18H20ClFN2O3. The number of rotatable bonds is 8. The molecule has 0 fully saturated rings. The van der Waals surface area contributed by atoms with Crippen LogP contribution in [0.1, 0.15) is 5.56 Å². The zero-order chi connectivity index (χ0) is 18.1. The molecule has 0 bridgehead atoms. The number of hydrogen-bond donors (Lipinski definition) is 2. The Hall–Kier alpha value is -2.31. The van der Waals surface area contributed by atoms with Gasteiger partial charge in [-0.15, -0.1) is 0 Å². The highest BCUT2D eigenvalue weighted by Gasteiger charge is 2.11. The molecule has 2 N–H and O–H groups in total. The Morgan fingerprint density at radius 3 is 2.76 bits per heavy atom.